The molecule has 8 heteroatoms. The second-order valence-corrected chi connectivity index (χ2v) is 6.11. The number of thiazole rings is 1. The highest BCUT2D eigenvalue weighted by molar-refractivity contribution is 7.19. The molecule has 0 atom stereocenters. The Labute approximate surface area is 146 Å². The van der Waals surface area contributed by atoms with Gasteiger partial charge in [-0.2, -0.15) is 0 Å². The van der Waals surface area contributed by atoms with Gasteiger partial charge in [-0.15, -0.1) is 11.3 Å². The van der Waals surface area contributed by atoms with E-state index in [1.165, 1.54) is 23.5 Å². The van der Waals surface area contributed by atoms with Crippen LogP contribution < -0.4 is 4.74 Å². The van der Waals surface area contributed by atoms with Crippen molar-refractivity contribution in [3.63, 3.8) is 0 Å². The van der Waals surface area contributed by atoms with Crippen LogP contribution in [0, 0.1) is 10.1 Å². The van der Waals surface area contributed by atoms with Gasteiger partial charge in [0.1, 0.15) is 10.8 Å². The van der Waals surface area contributed by atoms with Gasteiger partial charge in [-0.3, -0.25) is 10.1 Å². The molecular formula is C17H12N2O5S. The summed E-state index contributed by atoms with van der Waals surface area (Å²) < 4.78 is 5.94. The Morgan fingerprint density at radius 3 is 2.68 bits per heavy atom. The highest BCUT2D eigenvalue weighted by Gasteiger charge is 2.09. The normalized spacial score (nSPS) is 11.0. The minimum Gasteiger partial charge on any atom is -0.482 e. The van der Waals surface area contributed by atoms with Crippen LogP contribution in [0.2, 0.25) is 0 Å². The van der Waals surface area contributed by atoms with Crippen molar-refractivity contribution >= 4 is 45.4 Å². The monoisotopic (exact) mass is 356 g/mol. The largest absolute Gasteiger partial charge is 0.482 e. The molecular weight excluding hydrogens is 344 g/mol. The minimum atomic E-state index is -1.03. The number of benzene rings is 2. The summed E-state index contributed by atoms with van der Waals surface area (Å²) in [5, 5.41) is 20.1. The lowest BCUT2D eigenvalue weighted by molar-refractivity contribution is -0.384. The summed E-state index contributed by atoms with van der Waals surface area (Å²) in [5.41, 5.74) is 1.51. The quantitative estimate of drug-likeness (QED) is 0.532. The predicted molar refractivity (Wildman–Crippen MR) is 94.8 cm³/mol. The Morgan fingerprint density at radius 2 is 2.00 bits per heavy atom. The second-order valence-electron chi connectivity index (χ2n) is 5.05. The number of hydrogen-bond donors (Lipinski definition) is 1. The van der Waals surface area contributed by atoms with Gasteiger partial charge < -0.3 is 9.84 Å². The third-order valence-corrected chi connectivity index (χ3v) is 4.26. The van der Waals surface area contributed by atoms with Crippen molar-refractivity contribution in [2.45, 2.75) is 0 Å². The van der Waals surface area contributed by atoms with Gasteiger partial charge in [0, 0.05) is 12.1 Å². The Balaban J connectivity index is 1.74. The molecule has 1 N–H and O–H groups in total. The molecule has 0 spiro atoms. The van der Waals surface area contributed by atoms with E-state index >= 15 is 0 Å². The first-order valence-electron chi connectivity index (χ1n) is 7.19. The smallest absolute Gasteiger partial charge is 0.341 e. The Morgan fingerprint density at radius 1 is 1.24 bits per heavy atom. The van der Waals surface area contributed by atoms with Crippen molar-refractivity contribution in [3.05, 3.63) is 63.1 Å². The zero-order valence-corrected chi connectivity index (χ0v) is 13.6. The van der Waals surface area contributed by atoms with Gasteiger partial charge in [-0.25, -0.2) is 9.78 Å². The number of nitrogens with zero attached hydrogens (tertiary/aromatic N) is 2. The molecule has 0 unspecified atom stereocenters. The molecule has 0 aliphatic rings. The Hall–Kier alpha value is -3.26. The van der Waals surface area contributed by atoms with Crippen LogP contribution in [0.25, 0.3) is 22.4 Å². The van der Waals surface area contributed by atoms with Crippen molar-refractivity contribution in [1.29, 1.82) is 0 Å². The number of rotatable bonds is 6. The third kappa shape index (κ3) is 4.18. The number of carboxylic acid groups (broad SMARTS) is 1. The third-order valence-electron chi connectivity index (χ3n) is 3.26. The van der Waals surface area contributed by atoms with Crippen LogP contribution >= 0.6 is 11.3 Å². The summed E-state index contributed by atoms with van der Waals surface area (Å²) in [5.74, 6) is -0.549. The molecule has 0 bridgehead atoms. The predicted octanol–water partition coefficient (Wildman–Crippen LogP) is 3.84. The molecule has 0 radical (unpaired) electrons. The van der Waals surface area contributed by atoms with Crippen molar-refractivity contribution < 1.29 is 19.6 Å². The summed E-state index contributed by atoms with van der Waals surface area (Å²) in [6.45, 7) is -0.382. The number of fused-ring (bicyclic) bond motifs is 1. The molecule has 0 saturated heterocycles. The van der Waals surface area contributed by atoms with E-state index in [9.17, 15) is 14.9 Å². The maximum absolute atomic E-state index is 10.8. The highest BCUT2D eigenvalue weighted by Crippen LogP contribution is 2.27. The van der Waals surface area contributed by atoms with E-state index in [4.69, 9.17) is 9.84 Å². The second kappa shape index (κ2) is 7.10. The molecule has 0 amide bonds. The van der Waals surface area contributed by atoms with E-state index in [-0.39, 0.29) is 12.3 Å². The molecule has 0 aliphatic carbocycles. The maximum atomic E-state index is 10.8. The van der Waals surface area contributed by atoms with Crippen LogP contribution in [0.5, 0.6) is 5.75 Å². The number of ether oxygens (including phenoxy) is 1. The van der Waals surface area contributed by atoms with E-state index in [0.717, 1.165) is 15.3 Å². The molecule has 126 valence electrons. The zero-order chi connectivity index (χ0) is 17.8. The van der Waals surface area contributed by atoms with Crippen molar-refractivity contribution in [2.75, 3.05) is 6.61 Å². The van der Waals surface area contributed by atoms with Crippen LogP contribution in [-0.4, -0.2) is 27.6 Å². The fraction of sp³-hybridized carbons (Fsp3) is 0.0588. The first kappa shape index (κ1) is 16.6. The average molecular weight is 356 g/mol. The molecule has 1 heterocycles. The number of hydrogen-bond acceptors (Lipinski definition) is 6. The van der Waals surface area contributed by atoms with E-state index < -0.39 is 10.9 Å². The molecule has 0 fully saturated rings. The first-order valence-corrected chi connectivity index (χ1v) is 8.00. The standard InChI is InChI=1S/C17H12N2O5S/c20-17(21)10-24-13-5-1-11(2-6-13)3-8-16-18-14-9-12(19(22)23)4-7-15(14)25-16/h1-9H,10H2,(H,20,21). The highest BCUT2D eigenvalue weighted by atomic mass is 32.1. The van der Waals surface area contributed by atoms with Gasteiger partial charge >= 0.3 is 5.97 Å². The first-order chi connectivity index (χ1) is 12.0. The van der Waals surface area contributed by atoms with E-state index in [1.807, 2.05) is 12.2 Å². The number of carboxylic acids is 1. The number of carbonyl (C=O) groups is 1. The number of nitro benzene ring substituents is 1. The number of nitro groups is 1. The van der Waals surface area contributed by atoms with Crippen LogP contribution in [0.15, 0.2) is 42.5 Å². The lowest BCUT2D eigenvalue weighted by atomic mass is 10.2. The summed E-state index contributed by atoms with van der Waals surface area (Å²) >= 11 is 1.44. The van der Waals surface area contributed by atoms with Gasteiger partial charge in [-0.1, -0.05) is 18.2 Å². The van der Waals surface area contributed by atoms with Crippen molar-refractivity contribution in [2.24, 2.45) is 0 Å². The van der Waals surface area contributed by atoms with Crippen LogP contribution in [0.3, 0.4) is 0 Å². The van der Waals surface area contributed by atoms with Crippen LogP contribution in [0.1, 0.15) is 10.6 Å². The maximum Gasteiger partial charge on any atom is 0.341 e. The number of aliphatic carboxylic acids is 1. The van der Waals surface area contributed by atoms with Gasteiger partial charge in [0.25, 0.3) is 5.69 Å². The van der Waals surface area contributed by atoms with Gasteiger partial charge in [0.15, 0.2) is 6.61 Å². The zero-order valence-electron chi connectivity index (χ0n) is 12.8. The SMILES string of the molecule is O=C(O)COc1ccc(C=Cc2nc3cc([N+](=O)[O-])ccc3s2)cc1. The lowest BCUT2D eigenvalue weighted by Crippen LogP contribution is -2.09. The van der Waals surface area contributed by atoms with Crippen LogP contribution in [0.4, 0.5) is 5.69 Å². The molecule has 3 rings (SSSR count). The van der Waals surface area contributed by atoms with E-state index in [0.29, 0.717) is 11.3 Å². The summed E-state index contributed by atoms with van der Waals surface area (Å²) in [6.07, 6.45) is 3.68. The number of aromatic nitrogens is 1. The van der Waals surface area contributed by atoms with Gasteiger partial charge in [0.2, 0.25) is 0 Å². The van der Waals surface area contributed by atoms with Crippen molar-refractivity contribution in [1.82, 2.24) is 4.98 Å². The molecule has 25 heavy (non-hydrogen) atoms. The fourth-order valence-electron chi connectivity index (χ4n) is 2.11. The Kier molecular flexibility index (Phi) is 4.71. The average Bonchev–Trinajstić information content (AvgIpc) is 3.01. The number of non-ortho nitro benzene ring substituents is 1. The fourth-order valence-corrected chi connectivity index (χ4v) is 2.96. The lowest BCUT2D eigenvalue weighted by Gasteiger charge is -2.02. The molecule has 3 aromatic rings. The summed E-state index contributed by atoms with van der Waals surface area (Å²) in [4.78, 5) is 25.2. The van der Waals surface area contributed by atoms with Gasteiger partial charge in [-0.05, 0) is 29.8 Å². The molecule has 1 aromatic heterocycles. The Bertz CT molecular complexity index is 963. The van der Waals surface area contributed by atoms with E-state index in [1.54, 1.807) is 30.3 Å². The molecule has 0 saturated carbocycles. The molecule has 0 aliphatic heterocycles. The molecule has 2 aromatic carbocycles. The summed E-state index contributed by atoms with van der Waals surface area (Å²) in [7, 11) is 0. The minimum absolute atomic E-state index is 0.0188. The van der Waals surface area contributed by atoms with E-state index in [2.05, 4.69) is 4.98 Å². The topological polar surface area (TPSA) is 103 Å². The van der Waals surface area contributed by atoms with Crippen LogP contribution in [-0.2, 0) is 4.79 Å². The van der Waals surface area contributed by atoms with Gasteiger partial charge in [0.05, 0.1) is 15.1 Å². The summed E-state index contributed by atoms with van der Waals surface area (Å²) in [6, 6.07) is 11.6. The van der Waals surface area contributed by atoms with Crippen molar-refractivity contribution in [3.8, 4) is 5.75 Å². The molecule has 7 nitrogen and oxygen atoms in total.